The third-order valence-electron chi connectivity index (χ3n) is 1.59. The standard InChI is InChI=1S/C7H9BrO3/c1-3-5(8)7(10)6(9)4(2)11-3/h3-4,10H,1-2H3. The van der Waals surface area contributed by atoms with Gasteiger partial charge in [0.15, 0.2) is 5.76 Å². The molecule has 2 unspecified atom stereocenters. The van der Waals surface area contributed by atoms with Crippen molar-refractivity contribution in [3.63, 3.8) is 0 Å². The molecule has 1 rings (SSSR count). The first-order chi connectivity index (χ1) is 5.04. The number of Topliss-reactive ketones (excluding diaryl/α,β-unsaturated/α-hetero) is 1. The molecule has 0 aromatic heterocycles. The number of ketones is 1. The second-order valence-corrected chi connectivity index (χ2v) is 3.34. The maximum absolute atomic E-state index is 11.0. The number of halogens is 1. The van der Waals surface area contributed by atoms with E-state index in [0.29, 0.717) is 4.48 Å². The van der Waals surface area contributed by atoms with Gasteiger partial charge in [0.25, 0.3) is 0 Å². The molecule has 1 N–H and O–H groups in total. The van der Waals surface area contributed by atoms with E-state index in [0.717, 1.165) is 0 Å². The third kappa shape index (κ3) is 1.46. The Morgan fingerprint density at radius 2 is 2.00 bits per heavy atom. The van der Waals surface area contributed by atoms with Crippen LogP contribution in [0.15, 0.2) is 10.2 Å². The van der Waals surface area contributed by atoms with Gasteiger partial charge in [-0.25, -0.2) is 0 Å². The van der Waals surface area contributed by atoms with Crippen LogP contribution in [0.2, 0.25) is 0 Å². The molecule has 2 atom stereocenters. The number of carbonyl (C=O) groups is 1. The van der Waals surface area contributed by atoms with E-state index in [9.17, 15) is 9.90 Å². The molecule has 0 fully saturated rings. The number of aliphatic hydroxyl groups is 1. The van der Waals surface area contributed by atoms with Gasteiger partial charge in [0.2, 0.25) is 5.78 Å². The summed E-state index contributed by atoms with van der Waals surface area (Å²) in [5.74, 6) is -0.578. The predicted octanol–water partition coefficient (Wildman–Crippen LogP) is 1.53. The Kier molecular flexibility index (Phi) is 2.34. The van der Waals surface area contributed by atoms with Gasteiger partial charge in [-0.2, -0.15) is 0 Å². The minimum absolute atomic E-state index is 0.212. The summed E-state index contributed by atoms with van der Waals surface area (Å²) in [6.07, 6.45) is -0.769. The fraction of sp³-hybridized carbons (Fsp3) is 0.571. The van der Waals surface area contributed by atoms with Gasteiger partial charge in [-0.05, 0) is 29.8 Å². The third-order valence-corrected chi connectivity index (χ3v) is 2.61. The van der Waals surface area contributed by atoms with Crippen LogP contribution in [0.5, 0.6) is 0 Å². The van der Waals surface area contributed by atoms with Crippen LogP contribution in [0.3, 0.4) is 0 Å². The lowest BCUT2D eigenvalue weighted by Crippen LogP contribution is -2.33. The van der Waals surface area contributed by atoms with Gasteiger partial charge in [0, 0.05) is 0 Å². The maximum atomic E-state index is 11.0. The van der Waals surface area contributed by atoms with E-state index < -0.39 is 6.10 Å². The molecular weight excluding hydrogens is 212 g/mol. The lowest BCUT2D eigenvalue weighted by atomic mass is 10.1. The summed E-state index contributed by atoms with van der Waals surface area (Å²) in [5, 5.41) is 9.19. The van der Waals surface area contributed by atoms with E-state index in [-0.39, 0.29) is 17.6 Å². The van der Waals surface area contributed by atoms with Gasteiger partial charge in [0.05, 0.1) is 10.6 Å². The zero-order chi connectivity index (χ0) is 8.59. The Labute approximate surface area is 73.2 Å². The summed E-state index contributed by atoms with van der Waals surface area (Å²) >= 11 is 3.07. The average molecular weight is 221 g/mol. The van der Waals surface area contributed by atoms with Crippen molar-refractivity contribution < 1.29 is 14.6 Å². The Bertz CT molecular complexity index is 222. The molecule has 11 heavy (non-hydrogen) atoms. The van der Waals surface area contributed by atoms with Crippen molar-refractivity contribution in [3.05, 3.63) is 10.2 Å². The molecule has 0 amide bonds. The Morgan fingerprint density at radius 3 is 2.55 bits per heavy atom. The van der Waals surface area contributed by atoms with Gasteiger partial charge in [0.1, 0.15) is 6.10 Å². The van der Waals surface area contributed by atoms with Crippen LogP contribution in [-0.4, -0.2) is 23.1 Å². The largest absolute Gasteiger partial charge is 0.504 e. The van der Waals surface area contributed by atoms with Gasteiger partial charge in [-0.1, -0.05) is 0 Å². The smallest absolute Gasteiger partial charge is 0.226 e. The zero-order valence-corrected chi connectivity index (χ0v) is 7.88. The molecule has 62 valence electrons. The van der Waals surface area contributed by atoms with Crippen molar-refractivity contribution in [1.29, 1.82) is 0 Å². The molecule has 4 heteroatoms. The van der Waals surface area contributed by atoms with Crippen LogP contribution in [0.1, 0.15) is 13.8 Å². The second-order valence-electron chi connectivity index (χ2n) is 2.48. The number of ether oxygens (including phenoxy) is 1. The summed E-state index contributed by atoms with van der Waals surface area (Å²) in [6, 6.07) is 0. The van der Waals surface area contributed by atoms with E-state index in [1.165, 1.54) is 0 Å². The molecule has 1 aliphatic rings. The normalized spacial score (nSPS) is 32.8. The molecule has 0 aromatic rings. The summed E-state index contributed by atoms with van der Waals surface area (Å²) in [7, 11) is 0. The van der Waals surface area contributed by atoms with Crippen molar-refractivity contribution in [1.82, 2.24) is 0 Å². The first kappa shape index (κ1) is 8.74. The molecule has 0 aromatic carbocycles. The Hall–Kier alpha value is -0.350. The zero-order valence-electron chi connectivity index (χ0n) is 6.30. The molecule has 1 aliphatic heterocycles. The van der Waals surface area contributed by atoms with Crippen LogP contribution in [-0.2, 0) is 9.53 Å². The van der Waals surface area contributed by atoms with E-state index in [2.05, 4.69) is 15.9 Å². The topological polar surface area (TPSA) is 46.5 Å². The lowest BCUT2D eigenvalue weighted by Gasteiger charge is -2.23. The minimum atomic E-state index is -0.536. The molecule has 1 heterocycles. The number of hydrogen-bond acceptors (Lipinski definition) is 3. The summed E-state index contributed by atoms with van der Waals surface area (Å²) in [6.45, 7) is 3.39. The van der Waals surface area contributed by atoms with Crippen LogP contribution < -0.4 is 0 Å². The minimum Gasteiger partial charge on any atom is -0.504 e. The molecule has 0 saturated carbocycles. The van der Waals surface area contributed by atoms with Gasteiger partial charge < -0.3 is 9.84 Å². The lowest BCUT2D eigenvalue weighted by molar-refractivity contribution is -0.132. The number of rotatable bonds is 0. The highest BCUT2D eigenvalue weighted by atomic mass is 79.9. The average Bonchev–Trinajstić information content (AvgIpc) is 1.97. The van der Waals surface area contributed by atoms with Gasteiger partial charge in [-0.3, -0.25) is 4.79 Å². The molecule has 3 nitrogen and oxygen atoms in total. The summed E-state index contributed by atoms with van der Waals surface area (Å²) in [5.41, 5.74) is 0. The molecule has 0 bridgehead atoms. The monoisotopic (exact) mass is 220 g/mol. The predicted molar refractivity (Wildman–Crippen MR) is 43.6 cm³/mol. The highest BCUT2D eigenvalue weighted by Gasteiger charge is 2.30. The number of hydrogen-bond donors (Lipinski definition) is 1. The Balaban J connectivity index is 2.98. The van der Waals surface area contributed by atoms with Gasteiger partial charge >= 0.3 is 0 Å². The quantitative estimate of drug-likeness (QED) is 0.674. The van der Waals surface area contributed by atoms with Crippen molar-refractivity contribution >= 4 is 21.7 Å². The second kappa shape index (κ2) is 2.95. The van der Waals surface area contributed by atoms with Crippen LogP contribution >= 0.6 is 15.9 Å². The van der Waals surface area contributed by atoms with Crippen LogP contribution in [0.25, 0.3) is 0 Å². The first-order valence-electron chi connectivity index (χ1n) is 3.32. The van der Waals surface area contributed by atoms with Crippen LogP contribution in [0.4, 0.5) is 0 Å². The van der Waals surface area contributed by atoms with Crippen molar-refractivity contribution in [2.45, 2.75) is 26.1 Å². The fourth-order valence-electron chi connectivity index (χ4n) is 0.930. The van der Waals surface area contributed by atoms with Crippen LogP contribution in [0, 0.1) is 0 Å². The van der Waals surface area contributed by atoms with Crippen molar-refractivity contribution in [2.24, 2.45) is 0 Å². The summed E-state index contributed by atoms with van der Waals surface area (Å²) < 4.78 is 5.60. The molecule has 0 aliphatic carbocycles. The fourth-order valence-corrected chi connectivity index (χ4v) is 1.23. The summed E-state index contributed by atoms with van der Waals surface area (Å²) in [4.78, 5) is 11.0. The maximum Gasteiger partial charge on any atom is 0.226 e. The first-order valence-corrected chi connectivity index (χ1v) is 4.11. The van der Waals surface area contributed by atoms with E-state index >= 15 is 0 Å². The Morgan fingerprint density at radius 1 is 1.45 bits per heavy atom. The number of aliphatic hydroxyl groups excluding tert-OH is 1. The van der Waals surface area contributed by atoms with Crippen molar-refractivity contribution in [3.8, 4) is 0 Å². The molecule has 0 saturated heterocycles. The molecule has 0 spiro atoms. The molecular formula is C7H9BrO3. The highest BCUT2D eigenvalue weighted by Crippen LogP contribution is 2.25. The van der Waals surface area contributed by atoms with E-state index in [1.807, 2.05) is 0 Å². The molecule has 0 radical (unpaired) electrons. The number of carbonyl (C=O) groups excluding carboxylic acids is 1. The SMILES string of the molecule is CC1OC(C)C(Br)=C(O)C1=O. The highest BCUT2D eigenvalue weighted by molar-refractivity contribution is 9.11. The van der Waals surface area contributed by atoms with Gasteiger partial charge in [-0.15, -0.1) is 0 Å². The van der Waals surface area contributed by atoms with Crippen molar-refractivity contribution in [2.75, 3.05) is 0 Å². The van der Waals surface area contributed by atoms with E-state index in [1.54, 1.807) is 13.8 Å². The van der Waals surface area contributed by atoms with E-state index in [4.69, 9.17) is 4.74 Å².